The molecule has 0 aliphatic rings. The van der Waals surface area contributed by atoms with Crippen LogP contribution < -0.4 is 5.43 Å². The number of nitrogens with zero attached hydrogens (tertiary/aromatic N) is 1. The highest BCUT2D eigenvalue weighted by molar-refractivity contribution is 5.91. The van der Waals surface area contributed by atoms with Gasteiger partial charge in [-0.3, -0.25) is 9.59 Å². The molecule has 0 spiro atoms. The summed E-state index contributed by atoms with van der Waals surface area (Å²) in [6.07, 6.45) is -0.00674. The van der Waals surface area contributed by atoms with E-state index in [4.69, 9.17) is 9.15 Å². The van der Waals surface area contributed by atoms with E-state index in [0.717, 1.165) is 5.56 Å². The van der Waals surface area contributed by atoms with Crippen LogP contribution >= 0.6 is 0 Å². The minimum atomic E-state index is -0.405. The minimum Gasteiger partial charge on any atom is -0.469 e. The Kier molecular flexibility index (Phi) is 3.97. The number of methoxy groups -OCH3 is 1. The van der Waals surface area contributed by atoms with Gasteiger partial charge < -0.3 is 9.15 Å². The second-order valence-corrected chi connectivity index (χ2v) is 5.88. The molecule has 0 amide bonds. The number of benzene rings is 2. The van der Waals surface area contributed by atoms with Crippen LogP contribution in [-0.2, 0) is 16.0 Å². The number of esters is 1. The van der Waals surface area contributed by atoms with Gasteiger partial charge in [-0.05, 0) is 23.8 Å². The lowest BCUT2D eigenvalue weighted by Gasteiger charge is -2.10. The lowest BCUT2D eigenvalue weighted by molar-refractivity contribution is -0.139. The predicted molar refractivity (Wildman–Crippen MR) is 98.9 cm³/mol. The number of pyridine rings is 1. The molecule has 128 valence electrons. The smallest absolute Gasteiger partial charge is 0.311 e. The van der Waals surface area contributed by atoms with Crippen molar-refractivity contribution < 1.29 is 13.9 Å². The van der Waals surface area contributed by atoms with Gasteiger partial charge in [-0.1, -0.05) is 42.5 Å². The minimum absolute atomic E-state index is 0.00674. The highest BCUT2D eigenvalue weighted by Crippen LogP contribution is 2.27. The van der Waals surface area contributed by atoms with Gasteiger partial charge in [-0.15, -0.1) is 0 Å². The SMILES string of the molecule is COC(=O)Cc1nc2oc3ccccc3c(=O)c2cc1-c1ccccc1. The van der Waals surface area contributed by atoms with Crippen molar-refractivity contribution in [2.24, 2.45) is 0 Å². The summed E-state index contributed by atoms with van der Waals surface area (Å²) in [6.45, 7) is 0. The maximum atomic E-state index is 12.9. The highest BCUT2D eigenvalue weighted by atomic mass is 16.5. The molecular formula is C21H15NO4. The molecule has 0 aliphatic carbocycles. The highest BCUT2D eigenvalue weighted by Gasteiger charge is 2.17. The standard InChI is InChI=1S/C21H15NO4/c1-25-19(23)12-17-15(13-7-3-2-4-8-13)11-16-20(24)14-9-5-6-10-18(14)26-21(16)22-17/h2-11H,12H2,1H3. The number of rotatable bonds is 3. The average Bonchev–Trinajstić information content (AvgIpc) is 2.68. The predicted octanol–water partition coefficient (Wildman–Crippen LogP) is 3.72. The van der Waals surface area contributed by atoms with Crippen LogP contribution in [-0.4, -0.2) is 18.1 Å². The summed E-state index contributed by atoms with van der Waals surface area (Å²) in [7, 11) is 1.33. The summed E-state index contributed by atoms with van der Waals surface area (Å²) in [6, 6.07) is 18.3. The number of hydrogen-bond acceptors (Lipinski definition) is 5. The van der Waals surface area contributed by atoms with Gasteiger partial charge in [0.15, 0.2) is 0 Å². The van der Waals surface area contributed by atoms with E-state index in [0.29, 0.717) is 27.6 Å². The Balaban J connectivity index is 2.05. The van der Waals surface area contributed by atoms with Crippen molar-refractivity contribution in [1.82, 2.24) is 4.98 Å². The molecule has 0 N–H and O–H groups in total. The van der Waals surface area contributed by atoms with Gasteiger partial charge in [0.2, 0.25) is 11.1 Å². The van der Waals surface area contributed by atoms with Crippen molar-refractivity contribution in [3.8, 4) is 11.1 Å². The Hall–Kier alpha value is -3.47. The lowest BCUT2D eigenvalue weighted by atomic mass is 10.0. The van der Waals surface area contributed by atoms with Gasteiger partial charge in [-0.2, -0.15) is 0 Å². The molecule has 0 aliphatic heterocycles. The van der Waals surface area contributed by atoms with Crippen LogP contribution in [0.15, 0.2) is 69.9 Å². The molecule has 0 bridgehead atoms. The number of fused-ring (bicyclic) bond motifs is 2. The maximum Gasteiger partial charge on any atom is 0.311 e. The Morgan fingerprint density at radius 1 is 1.04 bits per heavy atom. The van der Waals surface area contributed by atoms with Gasteiger partial charge >= 0.3 is 5.97 Å². The number of ether oxygens (including phenoxy) is 1. The van der Waals surface area contributed by atoms with Crippen LogP contribution in [0.3, 0.4) is 0 Å². The third-order valence-corrected chi connectivity index (χ3v) is 4.27. The molecular weight excluding hydrogens is 330 g/mol. The third-order valence-electron chi connectivity index (χ3n) is 4.27. The quantitative estimate of drug-likeness (QED) is 0.418. The number of carbonyl (C=O) groups is 1. The van der Waals surface area contributed by atoms with Crippen molar-refractivity contribution in [2.75, 3.05) is 7.11 Å². The van der Waals surface area contributed by atoms with Gasteiger partial charge in [0.05, 0.1) is 30.0 Å². The fraction of sp³-hybridized carbons (Fsp3) is 0.0952. The Labute approximate surface area is 148 Å². The molecule has 0 saturated carbocycles. The van der Waals surface area contributed by atoms with E-state index in [1.165, 1.54) is 7.11 Å². The zero-order chi connectivity index (χ0) is 18.1. The van der Waals surface area contributed by atoms with E-state index in [2.05, 4.69) is 4.98 Å². The topological polar surface area (TPSA) is 69.4 Å². The first-order valence-electron chi connectivity index (χ1n) is 8.15. The van der Waals surface area contributed by atoms with Crippen molar-refractivity contribution in [3.63, 3.8) is 0 Å². The summed E-state index contributed by atoms with van der Waals surface area (Å²) in [5, 5.41) is 0.887. The molecule has 0 radical (unpaired) electrons. The third kappa shape index (κ3) is 2.73. The van der Waals surface area contributed by atoms with E-state index < -0.39 is 5.97 Å². The van der Waals surface area contributed by atoms with E-state index in [-0.39, 0.29) is 17.6 Å². The number of carbonyl (C=O) groups excluding carboxylic acids is 1. The molecule has 4 aromatic rings. The Morgan fingerprint density at radius 3 is 2.54 bits per heavy atom. The fourth-order valence-electron chi connectivity index (χ4n) is 2.98. The monoisotopic (exact) mass is 345 g/mol. The number of hydrogen-bond donors (Lipinski definition) is 0. The van der Waals surface area contributed by atoms with E-state index in [1.54, 1.807) is 30.3 Å². The van der Waals surface area contributed by atoms with Crippen molar-refractivity contribution in [1.29, 1.82) is 0 Å². The largest absolute Gasteiger partial charge is 0.469 e. The van der Waals surface area contributed by atoms with Crippen molar-refractivity contribution in [2.45, 2.75) is 6.42 Å². The van der Waals surface area contributed by atoms with Crippen LogP contribution in [0, 0.1) is 0 Å². The maximum absolute atomic E-state index is 12.9. The normalized spacial score (nSPS) is 11.0. The molecule has 0 unspecified atom stereocenters. The van der Waals surface area contributed by atoms with Crippen LogP contribution in [0.25, 0.3) is 33.2 Å². The van der Waals surface area contributed by atoms with Crippen LogP contribution in [0.5, 0.6) is 0 Å². The first-order chi connectivity index (χ1) is 12.7. The van der Waals surface area contributed by atoms with Gasteiger partial charge in [0, 0.05) is 5.56 Å². The first-order valence-corrected chi connectivity index (χ1v) is 8.15. The van der Waals surface area contributed by atoms with Crippen LogP contribution in [0.1, 0.15) is 5.69 Å². The molecule has 26 heavy (non-hydrogen) atoms. The van der Waals surface area contributed by atoms with Crippen molar-refractivity contribution >= 4 is 28.0 Å². The van der Waals surface area contributed by atoms with Gasteiger partial charge in [0.1, 0.15) is 5.58 Å². The second kappa shape index (κ2) is 6.44. The molecule has 0 fully saturated rings. The average molecular weight is 345 g/mol. The van der Waals surface area contributed by atoms with E-state index in [1.807, 2.05) is 30.3 Å². The number of aromatic nitrogens is 1. The van der Waals surface area contributed by atoms with E-state index in [9.17, 15) is 9.59 Å². The van der Waals surface area contributed by atoms with Crippen molar-refractivity contribution in [3.05, 3.63) is 76.6 Å². The first kappa shape index (κ1) is 16.0. The zero-order valence-electron chi connectivity index (χ0n) is 14.1. The molecule has 0 saturated heterocycles. The molecule has 4 rings (SSSR count). The molecule has 5 heteroatoms. The summed E-state index contributed by atoms with van der Waals surface area (Å²) in [4.78, 5) is 29.2. The summed E-state index contributed by atoms with van der Waals surface area (Å²) >= 11 is 0. The molecule has 5 nitrogen and oxygen atoms in total. The number of para-hydroxylation sites is 1. The molecule has 2 aromatic heterocycles. The summed E-state index contributed by atoms with van der Waals surface area (Å²) in [5.41, 5.74) is 2.63. The fourth-order valence-corrected chi connectivity index (χ4v) is 2.98. The molecule has 2 aromatic carbocycles. The Bertz CT molecular complexity index is 1180. The van der Waals surface area contributed by atoms with Gasteiger partial charge in [0.25, 0.3) is 0 Å². The second-order valence-electron chi connectivity index (χ2n) is 5.88. The Morgan fingerprint density at radius 2 is 1.77 bits per heavy atom. The zero-order valence-corrected chi connectivity index (χ0v) is 14.1. The lowest BCUT2D eigenvalue weighted by Crippen LogP contribution is -2.10. The van der Waals surface area contributed by atoms with Crippen LogP contribution in [0.2, 0.25) is 0 Å². The van der Waals surface area contributed by atoms with Crippen LogP contribution in [0.4, 0.5) is 0 Å². The molecule has 0 atom stereocenters. The van der Waals surface area contributed by atoms with E-state index >= 15 is 0 Å². The summed E-state index contributed by atoms with van der Waals surface area (Å²) < 4.78 is 10.6. The summed E-state index contributed by atoms with van der Waals surface area (Å²) in [5.74, 6) is -0.405. The molecule has 2 heterocycles. The van der Waals surface area contributed by atoms with Gasteiger partial charge in [-0.25, -0.2) is 4.98 Å².